The van der Waals surface area contributed by atoms with Gasteiger partial charge in [0.25, 0.3) is 11.8 Å². The maximum Gasteiger partial charge on any atom is 0.278 e. The van der Waals surface area contributed by atoms with Crippen LogP contribution in [0.3, 0.4) is 0 Å². The summed E-state index contributed by atoms with van der Waals surface area (Å²) in [6.45, 7) is 5.60. The van der Waals surface area contributed by atoms with Crippen molar-refractivity contribution in [2.24, 2.45) is 0 Å². The second kappa shape index (κ2) is 8.23. The summed E-state index contributed by atoms with van der Waals surface area (Å²) in [6, 6.07) is 11.2. The number of aliphatic hydroxyl groups excluding tert-OH is 1. The average Bonchev–Trinajstić information content (AvgIpc) is 3.32. The molecule has 152 valence electrons. The Balaban J connectivity index is 1.67. The highest BCUT2D eigenvalue weighted by molar-refractivity contribution is 6.35. The van der Waals surface area contributed by atoms with Gasteiger partial charge in [-0.3, -0.25) is 19.4 Å². The molecule has 4 rings (SSSR count). The molecule has 0 spiro atoms. The van der Waals surface area contributed by atoms with Crippen molar-refractivity contribution in [1.82, 2.24) is 14.7 Å². The smallest absolute Gasteiger partial charge is 0.278 e. The van der Waals surface area contributed by atoms with E-state index in [4.69, 9.17) is 9.52 Å². The fraction of sp³-hybridized carbons (Fsp3) is 0.364. The summed E-state index contributed by atoms with van der Waals surface area (Å²) in [4.78, 5) is 32.0. The van der Waals surface area contributed by atoms with Crippen molar-refractivity contribution in [2.75, 3.05) is 39.3 Å². The van der Waals surface area contributed by atoms with E-state index in [1.165, 1.54) is 11.2 Å². The van der Waals surface area contributed by atoms with Crippen LogP contribution in [0, 0.1) is 6.92 Å². The maximum absolute atomic E-state index is 13.3. The lowest BCUT2D eigenvalue weighted by atomic mass is 10.0. The van der Waals surface area contributed by atoms with Gasteiger partial charge in [-0.1, -0.05) is 29.8 Å². The molecular formula is C22H25N3O4. The number of piperazine rings is 1. The number of benzene rings is 1. The molecule has 0 saturated carbocycles. The summed E-state index contributed by atoms with van der Waals surface area (Å²) in [5.74, 6) is 0.00425. The normalized spacial score (nSPS) is 18.3. The summed E-state index contributed by atoms with van der Waals surface area (Å²) in [5.41, 5.74) is 2.77. The first-order valence-corrected chi connectivity index (χ1v) is 9.86. The molecule has 1 aromatic carbocycles. The van der Waals surface area contributed by atoms with E-state index in [0.29, 0.717) is 36.7 Å². The number of furan rings is 1. The molecule has 7 heteroatoms. The Morgan fingerprint density at radius 2 is 1.72 bits per heavy atom. The van der Waals surface area contributed by atoms with E-state index < -0.39 is 0 Å². The Kier molecular flexibility index (Phi) is 5.51. The molecule has 0 aliphatic carbocycles. The number of aryl methyl sites for hydroxylation is 1. The predicted octanol–water partition coefficient (Wildman–Crippen LogP) is 1.48. The van der Waals surface area contributed by atoms with Crippen LogP contribution in [0.4, 0.5) is 0 Å². The molecule has 1 fully saturated rings. The van der Waals surface area contributed by atoms with E-state index in [0.717, 1.165) is 24.2 Å². The quantitative estimate of drug-likeness (QED) is 0.747. The van der Waals surface area contributed by atoms with E-state index in [1.54, 1.807) is 12.1 Å². The Morgan fingerprint density at radius 3 is 2.34 bits per heavy atom. The van der Waals surface area contributed by atoms with E-state index in [2.05, 4.69) is 4.90 Å². The van der Waals surface area contributed by atoms with Crippen LogP contribution in [0.25, 0.3) is 5.57 Å². The third kappa shape index (κ3) is 3.83. The Hall–Kier alpha value is -2.90. The fourth-order valence-corrected chi connectivity index (χ4v) is 3.88. The van der Waals surface area contributed by atoms with E-state index in [1.807, 2.05) is 36.1 Å². The third-order valence-corrected chi connectivity index (χ3v) is 5.48. The van der Waals surface area contributed by atoms with Crippen LogP contribution in [-0.4, -0.2) is 71.0 Å². The van der Waals surface area contributed by atoms with Crippen LogP contribution in [0.5, 0.6) is 0 Å². The monoisotopic (exact) mass is 395 g/mol. The maximum atomic E-state index is 13.3. The van der Waals surface area contributed by atoms with Gasteiger partial charge in [-0.05, 0) is 24.6 Å². The fourth-order valence-electron chi connectivity index (χ4n) is 3.88. The zero-order valence-electron chi connectivity index (χ0n) is 16.5. The summed E-state index contributed by atoms with van der Waals surface area (Å²) < 4.78 is 5.36. The minimum Gasteiger partial charge on any atom is -0.467 e. The molecule has 1 saturated heterocycles. The van der Waals surface area contributed by atoms with Crippen molar-refractivity contribution in [3.8, 4) is 0 Å². The highest BCUT2D eigenvalue weighted by Gasteiger charge is 2.42. The van der Waals surface area contributed by atoms with Gasteiger partial charge in [0.2, 0.25) is 0 Å². The van der Waals surface area contributed by atoms with Crippen LogP contribution in [-0.2, 0) is 16.1 Å². The number of nitrogens with zero attached hydrogens (tertiary/aromatic N) is 3. The first kappa shape index (κ1) is 19.4. The molecule has 3 heterocycles. The number of β-amino-alcohol motifs (C(OH)–C–C–N with tert-alkyl or cyclic N) is 1. The first-order chi connectivity index (χ1) is 14.1. The largest absolute Gasteiger partial charge is 0.467 e. The van der Waals surface area contributed by atoms with Crippen molar-refractivity contribution < 1.29 is 19.1 Å². The Morgan fingerprint density at radius 1 is 1.00 bits per heavy atom. The van der Waals surface area contributed by atoms with Crippen molar-refractivity contribution in [3.05, 3.63) is 65.2 Å². The third-order valence-electron chi connectivity index (χ3n) is 5.48. The number of imide groups is 1. The second-order valence-electron chi connectivity index (χ2n) is 7.42. The number of amides is 2. The lowest BCUT2D eigenvalue weighted by Crippen LogP contribution is -2.48. The highest BCUT2D eigenvalue weighted by atomic mass is 16.3. The standard InChI is InChI=1S/C22H25N3O4/c1-16-4-6-17(7-5-16)19-20(24-10-8-23(9-11-24)12-13-26)22(28)25(21(19)27)15-18-3-2-14-29-18/h2-7,14,26H,8-13,15H2,1H3. The molecule has 2 aromatic rings. The number of hydrogen-bond acceptors (Lipinski definition) is 6. The number of aliphatic hydroxyl groups is 1. The van der Waals surface area contributed by atoms with Crippen molar-refractivity contribution in [2.45, 2.75) is 13.5 Å². The van der Waals surface area contributed by atoms with Crippen molar-refractivity contribution >= 4 is 17.4 Å². The molecule has 0 unspecified atom stereocenters. The van der Waals surface area contributed by atoms with E-state index >= 15 is 0 Å². The van der Waals surface area contributed by atoms with Crippen LogP contribution in [0.1, 0.15) is 16.9 Å². The summed E-state index contributed by atoms with van der Waals surface area (Å²) in [7, 11) is 0. The Labute approximate surface area is 169 Å². The van der Waals surface area contributed by atoms with Crippen LogP contribution < -0.4 is 0 Å². The summed E-state index contributed by atoms with van der Waals surface area (Å²) in [6.07, 6.45) is 1.54. The molecule has 1 aromatic heterocycles. The molecule has 7 nitrogen and oxygen atoms in total. The number of carbonyl (C=O) groups excluding carboxylic acids is 2. The molecule has 29 heavy (non-hydrogen) atoms. The topological polar surface area (TPSA) is 77.2 Å². The molecule has 2 amide bonds. The average molecular weight is 395 g/mol. The second-order valence-corrected chi connectivity index (χ2v) is 7.42. The van der Waals surface area contributed by atoms with Crippen LogP contribution >= 0.6 is 0 Å². The minimum absolute atomic E-state index is 0.117. The van der Waals surface area contributed by atoms with Gasteiger partial charge in [-0.2, -0.15) is 0 Å². The predicted molar refractivity (Wildman–Crippen MR) is 107 cm³/mol. The molecule has 0 atom stereocenters. The van der Waals surface area contributed by atoms with Gasteiger partial charge < -0.3 is 14.4 Å². The number of hydrogen-bond donors (Lipinski definition) is 1. The first-order valence-electron chi connectivity index (χ1n) is 9.86. The molecule has 0 bridgehead atoms. The van der Waals surface area contributed by atoms with Gasteiger partial charge in [0, 0.05) is 32.7 Å². The van der Waals surface area contributed by atoms with Crippen LogP contribution in [0.2, 0.25) is 0 Å². The molecular weight excluding hydrogens is 370 g/mol. The lowest BCUT2D eigenvalue weighted by Gasteiger charge is -2.36. The summed E-state index contributed by atoms with van der Waals surface area (Å²) >= 11 is 0. The zero-order chi connectivity index (χ0) is 20.4. The van der Waals surface area contributed by atoms with Crippen molar-refractivity contribution in [3.63, 3.8) is 0 Å². The molecule has 2 aliphatic rings. The summed E-state index contributed by atoms with van der Waals surface area (Å²) in [5, 5.41) is 9.16. The SMILES string of the molecule is Cc1ccc(C2=C(N3CCN(CCO)CC3)C(=O)N(Cc3ccco3)C2=O)cc1. The Bertz CT molecular complexity index is 910. The zero-order valence-corrected chi connectivity index (χ0v) is 16.5. The number of rotatable bonds is 6. The van der Waals surface area contributed by atoms with E-state index in [9.17, 15) is 9.59 Å². The lowest BCUT2D eigenvalue weighted by molar-refractivity contribution is -0.138. The van der Waals surface area contributed by atoms with Gasteiger partial charge in [0.1, 0.15) is 11.5 Å². The van der Waals surface area contributed by atoms with Crippen LogP contribution in [0.15, 0.2) is 52.8 Å². The molecule has 2 aliphatic heterocycles. The van der Waals surface area contributed by atoms with Gasteiger partial charge in [0.15, 0.2) is 0 Å². The van der Waals surface area contributed by atoms with Crippen molar-refractivity contribution in [1.29, 1.82) is 0 Å². The molecule has 1 N–H and O–H groups in total. The molecule has 0 radical (unpaired) electrons. The van der Waals surface area contributed by atoms with Gasteiger partial charge >= 0.3 is 0 Å². The van der Waals surface area contributed by atoms with Gasteiger partial charge in [0.05, 0.1) is 25.0 Å². The van der Waals surface area contributed by atoms with Gasteiger partial charge in [-0.25, -0.2) is 0 Å². The number of carbonyl (C=O) groups is 2. The van der Waals surface area contributed by atoms with E-state index in [-0.39, 0.29) is 25.0 Å². The minimum atomic E-state index is -0.289. The van der Waals surface area contributed by atoms with Gasteiger partial charge in [-0.15, -0.1) is 0 Å². The highest BCUT2D eigenvalue weighted by Crippen LogP contribution is 2.33.